The fourth-order valence-corrected chi connectivity index (χ4v) is 3.45. The van der Waals surface area contributed by atoms with Gasteiger partial charge in [-0.05, 0) is 43.4 Å². The molecule has 1 N–H and O–H groups in total. The molecule has 0 aliphatic rings. The molecule has 160 valence electrons. The van der Waals surface area contributed by atoms with Gasteiger partial charge in [0.15, 0.2) is 11.0 Å². The van der Waals surface area contributed by atoms with Crippen molar-refractivity contribution in [3.05, 3.63) is 35.7 Å². The monoisotopic (exact) mass is 421 g/mol. The lowest BCUT2D eigenvalue weighted by Crippen LogP contribution is -2.19. The van der Waals surface area contributed by atoms with Crippen molar-refractivity contribution in [2.45, 2.75) is 64.9 Å². The van der Waals surface area contributed by atoms with Crippen molar-refractivity contribution in [2.24, 2.45) is 5.92 Å². The Hall–Kier alpha value is -2.06. The van der Waals surface area contributed by atoms with Gasteiger partial charge in [-0.15, -0.1) is 10.2 Å². The van der Waals surface area contributed by atoms with Crippen LogP contribution in [0, 0.1) is 5.92 Å². The van der Waals surface area contributed by atoms with Crippen LogP contribution in [0.1, 0.15) is 45.5 Å². The van der Waals surface area contributed by atoms with Gasteiger partial charge in [-0.2, -0.15) is 0 Å². The molecule has 0 unspecified atom stereocenters. The number of ether oxygens (including phenoxy) is 2. The van der Waals surface area contributed by atoms with Crippen molar-refractivity contribution in [3.8, 4) is 5.75 Å². The highest BCUT2D eigenvalue weighted by Gasteiger charge is 2.15. The van der Waals surface area contributed by atoms with Crippen LogP contribution in [0.3, 0.4) is 0 Å². The number of aromatic nitrogens is 3. The van der Waals surface area contributed by atoms with E-state index in [1.54, 1.807) is 11.8 Å². The maximum absolute atomic E-state index is 11.3. The molecule has 0 radical (unpaired) electrons. The molecule has 0 fully saturated rings. The van der Waals surface area contributed by atoms with Crippen LogP contribution in [0.5, 0.6) is 5.75 Å². The van der Waals surface area contributed by atoms with Crippen LogP contribution in [-0.4, -0.2) is 44.3 Å². The number of hydrogen-bond acceptors (Lipinski definition) is 7. The van der Waals surface area contributed by atoms with Gasteiger partial charge in [0.2, 0.25) is 0 Å². The second kappa shape index (κ2) is 11.8. The van der Waals surface area contributed by atoms with E-state index in [1.165, 1.54) is 12.5 Å². The van der Waals surface area contributed by atoms with E-state index in [2.05, 4.69) is 47.7 Å². The van der Waals surface area contributed by atoms with E-state index in [0.717, 1.165) is 35.4 Å². The molecule has 0 saturated carbocycles. The number of aliphatic hydroxyl groups is 1. The fraction of sp³-hybridized carbons (Fsp3) is 0.571. The molecule has 2 rings (SSSR count). The SMILES string of the molecule is CCc1ccc(OCc2nnc(SCCCOC(=O)[C@@H](C)O)n2CC(C)C)cc1. The molecule has 8 heteroatoms. The predicted octanol–water partition coefficient (Wildman–Crippen LogP) is 3.48. The highest BCUT2D eigenvalue weighted by molar-refractivity contribution is 7.99. The molecule has 0 bridgehead atoms. The van der Waals surface area contributed by atoms with Crippen LogP contribution in [0.25, 0.3) is 0 Å². The predicted molar refractivity (Wildman–Crippen MR) is 113 cm³/mol. The van der Waals surface area contributed by atoms with Crippen LogP contribution < -0.4 is 4.74 Å². The van der Waals surface area contributed by atoms with Gasteiger partial charge in [0.25, 0.3) is 0 Å². The maximum Gasteiger partial charge on any atom is 0.334 e. The number of benzene rings is 1. The lowest BCUT2D eigenvalue weighted by molar-refractivity contribution is -0.152. The minimum absolute atomic E-state index is 0.277. The Balaban J connectivity index is 1.91. The van der Waals surface area contributed by atoms with E-state index in [9.17, 15) is 4.79 Å². The number of hydrogen-bond donors (Lipinski definition) is 1. The number of nitrogens with zero attached hydrogens (tertiary/aromatic N) is 3. The highest BCUT2D eigenvalue weighted by atomic mass is 32.2. The van der Waals surface area contributed by atoms with Gasteiger partial charge in [-0.25, -0.2) is 4.79 Å². The summed E-state index contributed by atoms with van der Waals surface area (Å²) in [5.41, 5.74) is 1.28. The van der Waals surface area contributed by atoms with E-state index in [0.29, 0.717) is 18.9 Å². The third kappa shape index (κ3) is 7.70. The van der Waals surface area contributed by atoms with E-state index in [4.69, 9.17) is 14.6 Å². The van der Waals surface area contributed by atoms with Crippen LogP contribution in [0.4, 0.5) is 0 Å². The van der Waals surface area contributed by atoms with E-state index < -0.39 is 12.1 Å². The molecule has 0 saturated heterocycles. The van der Waals surface area contributed by atoms with Crippen molar-refractivity contribution in [1.29, 1.82) is 0 Å². The average Bonchev–Trinajstić information content (AvgIpc) is 3.07. The first-order chi connectivity index (χ1) is 13.9. The van der Waals surface area contributed by atoms with Crippen molar-refractivity contribution in [3.63, 3.8) is 0 Å². The van der Waals surface area contributed by atoms with Gasteiger partial charge in [-0.1, -0.05) is 44.7 Å². The van der Waals surface area contributed by atoms with E-state index in [1.807, 2.05) is 12.1 Å². The molecule has 0 spiro atoms. The van der Waals surface area contributed by atoms with Crippen molar-refractivity contribution < 1.29 is 19.4 Å². The van der Waals surface area contributed by atoms with Gasteiger partial charge in [0.1, 0.15) is 18.5 Å². The smallest absolute Gasteiger partial charge is 0.334 e. The zero-order chi connectivity index (χ0) is 21.2. The Kier molecular flexibility index (Phi) is 9.47. The van der Waals surface area contributed by atoms with Crippen molar-refractivity contribution in [1.82, 2.24) is 14.8 Å². The first-order valence-electron chi connectivity index (χ1n) is 10.0. The van der Waals surface area contributed by atoms with Crippen molar-refractivity contribution >= 4 is 17.7 Å². The van der Waals surface area contributed by atoms with E-state index >= 15 is 0 Å². The summed E-state index contributed by atoms with van der Waals surface area (Å²) in [6.07, 6.45) is 0.590. The Bertz CT molecular complexity index is 760. The molecule has 1 aromatic heterocycles. The molecule has 7 nitrogen and oxygen atoms in total. The Morgan fingerprint density at radius 1 is 1.21 bits per heavy atom. The van der Waals surface area contributed by atoms with Gasteiger partial charge in [0, 0.05) is 12.3 Å². The van der Waals surface area contributed by atoms with Crippen LogP contribution in [-0.2, 0) is 29.1 Å². The Morgan fingerprint density at radius 2 is 1.93 bits per heavy atom. The number of carbonyl (C=O) groups excluding carboxylic acids is 1. The minimum atomic E-state index is -1.09. The number of thioether (sulfide) groups is 1. The maximum atomic E-state index is 11.3. The van der Waals surface area contributed by atoms with Crippen LogP contribution in [0.15, 0.2) is 29.4 Å². The summed E-state index contributed by atoms with van der Waals surface area (Å²) in [5, 5.41) is 18.6. The zero-order valence-electron chi connectivity index (χ0n) is 17.6. The van der Waals surface area contributed by atoms with Gasteiger partial charge >= 0.3 is 5.97 Å². The normalized spacial score (nSPS) is 12.2. The van der Waals surface area contributed by atoms with E-state index in [-0.39, 0.29) is 6.61 Å². The largest absolute Gasteiger partial charge is 0.486 e. The summed E-state index contributed by atoms with van der Waals surface area (Å²) in [5.74, 6) is 2.20. The Morgan fingerprint density at radius 3 is 2.55 bits per heavy atom. The summed E-state index contributed by atoms with van der Waals surface area (Å²) >= 11 is 1.58. The molecule has 0 aliphatic carbocycles. The highest BCUT2D eigenvalue weighted by Crippen LogP contribution is 2.21. The molecule has 0 amide bonds. The first kappa shape index (κ1) is 23.2. The number of carbonyl (C=O) groups is 1. The lowest BCUT2D eigenvalue weighted by Gasteiger charge is -2.13. The van der Waals surface area contributed by atoms with Crippen LogP contribution in [0.2, 0.25) is 0 Å². The average molecular weight is 422 g/mol. The summed E-state index contributed by atoms with van der Waals surface area (Å²) < 4.78 is 13.0. The van der Waals surface area contributed by atoms with Crippen LogP contribution >= 0.6 is 11.8 Å². The lowest BCUT2D eigenvalue weighted by atomic mass is 10.2. The quantitative estimate of drug-likeness (QED) is 0.319. The zero-order valence-corrected chi connectivity index (χ0v) is 18.4. The molecule has 1 aromatic carbocycles. The fourth-order valence-electron chi connectivity index (χ4n) is 2.57. The Labute approximate surface area is 176 Å². The van der Waals surface area contributed by atoms with Gasteiger partial charge < -0.3 is 19.1 Å². The summed E-state index contributed by atoms with van der Waals surface area (Å²) in [4.78, 5) is 11.3. The van der Waals surface area contributed by atoms with Crippen molar-refractivity contribution in [2.75, 3.05) is 12.4 Å². The molecular formula is C21H31N3O4S. The molecule has 0 aliphatic heterocycles. The standard InChI is InChI=1S/C21H31N3O4S/c1-5-17-7-9-18(10-8-17)28-14-19-22-23-21(24(19)13-15(2)3)29-12-6-11-27-20(26)16(4)25/h7-10,15-16,25H,5-6,11-14H2,1-4H3/t16-/m1/s1. The third-order valence-electron chi connectivity index (χ3n) is 4.15. The number of esters is 1. The summed E-state index contributed by atoms with van der Waals surface area (Å²) in [6, 6.07) is 8.10. The molecule has 29 heavy (non-hydrogen) atoms. The number of rotatable bonds is 12. The molecule has 1 atom stereocenters. The number of aryl methyl sites for hydroxylation is 1. The van der Waals surface area contributed by atoms with Gasteiger partial charge in [-0.3, -0.25) is 0 Å². The molecule has 1 heterocycles. The summed E-state index contributed by atoms with van der Waals surface area (Å²) in [6.45, 7) is 9.26. The number of aliphatic hydroxyl groups excluding tert-OH is 1. The minimum Gasteiger partial charge on any atom is -0.486 e. The topological polar surface area (TPSA) is 86.5 Å². The second-order valence-corrected chi connectivity index (χ2v) is 8.30. The van der Waals surface area contributed by atoms with Gasteiger partial charge in [0.05, 0.1) is 6.61 Å². The third-order valence-corrected chi connectivity index (χ3v) is 5.20. The molecule has 2 aromatic rings. The first-order valence-corrected chi connectivity index (χ1v) is 11.0. The summed E-state index contributed by atoms with van der Waals surface area (Å²) in [7, 11) is 0. The molecular weight excluding hydrogens is 390 g/mol. The second-order valence-electron chi connectivity index (χ2n) is 7.23.